The second kappa shape index (κ2) is 7.61. The molecule has 3 heterocycles. The Balaban J connectivity index is 1.32. The topological polar surface area (TPSA) is 73.5 Å². The van der Waals surface area contributed by atoms with Crippen molar-refractivity contribution < 1.29 is 0 Å². The van der Waals surface area contributed by atoms with E-state index in [1.807, 2.05) is 42.5 Å². The fourth-order valence-electron chi connectivity index (χ4n) is 3.93. The summed E-state index contributed by atoms with van der Waals surface area (Å²) in [5.74, 6) is 1.89. The normalized spacial score (nSPS) is 11.9. The van der Waals surface area contributed by atoms with Gasteiger partial charge in [0.25, 0.3) is 0 Å². The minimum absolute atomic E-state index is 0.682. The molecule has 0 fully saturated rings. The number of aromatic nitrogens is 5. The Morgan fingerprint density at radius 2 is 1.16 bits per heavy atom. The van der Waals surface area contributed by atoms with E-state index in [9.17, 15) is 0 Å². The van der Waals surface area contributed by atoms with Gasteiger partial charge in [-0.3, -0.25) is 4.90 Å². The predicted octanol–water partition coefficient (Wildman–Crippen LogP) is 5.25. The Labute approximate surface area is 182 Å². The van der Waals surface area contributed by atoms with Gasteiger partial charge in [-0.15, -0.1) is 11.3 Å². The predicted molar refractivity (Wildman–Crippen MR) is 125 cm³/mol. The Bertz CT molecular complexity index is 1210. The van der Waals surface area contributed by atoms with Crippen LogP contribution in [-0.2, 0) is 19.6 Å². The second-order valence-electron chi connectivity index (χ2n) is 7.62. The highest BCUT2D eigenvalue weighted by atomic mass is 32.1. The Morgan fingerprint density at radius 1 is 0.613 bits per heavy atom. The Kier molecular flexibility index (Phi) is 4.48. The van der Waals surface area contributed by atoms with Crippen molar-refractivity contribution in [2.75, 3.05) is 0 Å². The number of imidazole rings is 2. The molecule has 6 rings (SSSR count). The molecule has 6 aromatic rings. The second-order valence-corrected chi connectivity index (χ2v) is 8.74. The van der Waals surface area contributed by atoms with Crippen LogP contribution in [0.3, 0.4) is 0 Å². The van der Waals surface area contributed by atoms with E-state index < -0.39 is 0 Å². The zero-order valence-electron chi connectivity index (χ0n) is 16.7. The third-order valence-corrected chi connectivity index (χ3v) is 6.34. The van der Waals surface area contributed by atoms with Gasteiger partial charge in [-0.2, -0.15) is 0 Å². The monoisotopic (exact) mass is 424 g/mol. The third-order valence-electron chi connectivity index (χ3n) is 5.32. The van der Waals surface area contributed by atoms with Gasteiger partial charge in [-0.1, -0.05) is 36.4 Å². The van der Waals surface area contributed by atoms with Gasteiger partial charge < -0.3 is 9.97 Å². The van der Waals surface area contributed by atoms with Crippen LogP contribution >= 0.6 is 11.3 Å². The average molecular weight is 425 g/mol. The lowest BCUT2D eigenvalue weighted by atomic mass is 10.3. The van der Waals surface area contributed by atoms with Crippen LogP contribution in [0.2, 0.25) is 0 Å². The highest BCUT2D eigenvalue weighted by Gasteiger charge is 2.15. The number of fused-ring (bicyclic) bond motifs is 3. The smallest absolute Gasteiger partial charge is 0.121 e. The van der Waals surface area contributed by atoms with Crippen molar-refractivity contribution in [3.8, 4) is 0 Å². The minimum atomic E-state index is 0.682. The van der Waals surface area contributed by atoms with Gasteiger partial charge >= 0.3 is 0 Å². The Morgan fingerprint density at radius 3 is 1.74 bits per heavy atom. The van der Waals surface area contributed by atoms with Crippen LogP contribution in [0.5, 0.6) is 0 Å². The molecule has 0 aliphatic heterocycles. The first-order valence-corrected chi connectivity index (χ1v) is 11.1. The molecule has 7 heteroatoms. The molecule has 0 atom stereocenters. The number of aromatic amines is 2. The number of hydrogen-bond acceptors (Lipinski definition) is 5. The molecule has 3 aromatic heterocycles. The highest BCUT2D eigenvalue weighted by molar-refractivity contribution is 7.18. The number of para-hydroxylation sites is 5. The van der Waals surface area contributed by atoms with Crippen LogP contribution in [0.25, 0.3) is 32.3 Å². The number of benzene rings is 3. The van der Waals surface area contributed by atoms with Crippen molar-refractivity contribution >= 4 is 43.6 Å². The minimum Gasteiger partial charge on any atom is -0.341 e. The molecule has 6 nitrogen and oxygen atoms in total. The number of rotatable bonds is 6. The molecule has 152 valence electrons. The van der Waals surface area contributed by atoms with Crippen molar-refractivity contribution in [2.45, 2.75) is 19.6 Å². The van der Waals surface area contributed by atoms with Crippen LogP contribution in [0.4, 0.5) is 0 Å². The molecule has 0 aliphatic rings. The van der Waals surface area contributed by atoms with Crippen LogP contribution in [0.1, 0.15) is 16.7 Å². The molecule has 0 spiro atoms. The molecule has 0 unspecified atom stereocenters. The lowest BCUT2D eigenvalue weighted by Crippen LogP contribution is -2.23. The van der Waals surface area contributed by atoms with E-state index in [1.54, 1.807) is 11.3 Å². The summed E-state index contributed by atoms with van der Waals surface area (Å²) < 4.78 is 1.21. The van der Waals surface area contributed by atoms with Crippen molar-refractivity contribution in [3.05, 3.63) is 89.5 Å². The summed E-state index contributed by atoms with van der Waals surface area (Å²) in [4.78, 5) is 23.6. The average Bonchev–Trinajstić information content (AvgIpc) is 3.48. The maximum absolute atomic E-state index is 4.84. The summed E-state index contributed by atoms with van der Waals surface area (Å²) >= 11 is 1.74. The molecular formula is C24H20N6S. The van der Waals surface area contributed by atoms with E-state index in [-0.39, 0.29) is 0 Å². The number of thiazole rings is 1. The van der Waals surface area contributed by atoms with Gasteiger partial charge in [-0.25, -0.2) is 15.0 Å². The SMILES string of the molecule is c1ccc2[nH]c(CN(Cc3nc4ccccc4[nH]3)Cc3nc4ccccc4s3)nc2c1. The summed E-state index contributed by atoms with van der Waals surface area (Å²) in [7, 11) is 0. The number of nitrogens with one attached hydrogen (secondary N) is 2. The fourth-order valence-corrected chi connectivity index (χ4v) is 4.94. The van der Waals surface area contributed by atoms with Gasteiger partial charge in [-0.05, 0) is 36.4 Å². The summed E-state index contributed by atoms with van der Waals surface area (Å²) in [5, 5.41) is 1.09. The molecule has 0 saturated heterocycles. The van der Waals surface area contributed by atoms with Gasteiger partial charge in [0.1, 0.15) is 16.7 Å². The quantitative estimate of drug-likeness (QED) is 0.383. The van der Waals surface area contributed by atoms with Gasteiger partial charge in [0.2, 0.25) is 0 Å². The number of hydrogen-bond donors (Lipinski definition) is 2. The zero-order valence-corrected chi connectivity index (χ0v) is 17.6. The van der Waals surface area contributed by atoms with E-state index in [0.717, 1.165) is 50.8 Å². The fraction of sp³-hybridized carbons (Fsp3) is 0.125. The van der Waals surface area contributed by atoms with Gasteiger partial charge in [0.15, 0.2) is 0 Å². The maximum Gasteiger partial charge on any atom is 0.121 e. The molecule has 2 N–H and O–H groups in total. The molecule has 0 saturated carbocycles. The first kappa shape index (κ1) is 18.2. The number of H-pyrrole nitrogens is 2. The van der Waals surface area contributed by atoms with Crippen LogP contribution < -0.4 is 0 Å². The molecule has 0 aliphatic carbocycles. The summed E-state index contributed by atoms with van der Waals surface area (Å²) in [6.07, 6.45) is 0. The van der Waals surface area contributed by atoms with E-state index in [1.165, 1.54) is 4.70 Å². The largest absolute Gasteiger partial charge is 0.341 e. The van der Waals surface area contributed by atoms with Crippen LogP contribution in [0.15, 0.2) is 72.8 Å². The lowest BCUT2D eigenvalue weighted by Gasteiger charge is -2.18. The molecular weight excluding hydrogens is 404 g/mol. The van der Waals surface area contributed by atoms with Crippen molar-refractivity contribution in [3.63, 3.8) is 0 Å². The third kappa shape index (κ3) is 3.69. The highest BCUT2D eigenvalue weighted by Crippen LogP contribution is 2.24. The van der Waals surface area contributed by atoms with E-state index in [4.69, 9.17) is 15.0 Å². The standard InChI is InChI=1S/C24H20N6S/c1-2-8-17-16(7-1)25-22(26-17)13-30(14-23-27-18-9-3-4-10-19(18)28-23)15-24-29-20-11-5-6-12-21(20)31-24/h1-12H,13-15H2,(H,25,26)(H,27,28). The first-order chi connectivity index (χ1) is 15.3. The lowest BCUT2D eigenvalue weighted by molar-refractivity contribution is 0.237. The van der Waals surface area contributed by atoms with Gasteiger partial charge in [0.05, 0.1) is 51.9 Å². The number of nitrogens with zero attached hydrogens (tertiary/aromatic N) is 4. The van der Waals surface area contributed by atoms with E-state index >= 15 is 0 Å². The van der Waals surface area contributed by atoms with Gasteiger partial charge in [0, 0.05) is 0 Å². The zero-order chi connectivity index (χ0) is 20.6. The van der Waals surface area contributed by atoms with Crippen LogP contribution in [0, 0.1) is 0 Å². The molecule has 3 aromatic carbocycles. The maximum atomic E-state index is 4.84. The summed E-state index contributed by atoms with van der Waals surface area (Å²) in [6.45, 7) is 2.09. The van der Waals surface area contributed by atoms with Crippen molar-refractivity contribution in [1.82, 2.24) is 29.8 Å². The molecule has 0 amide bonds. The molecule has 31 heavy (non-hydrogen) atoms. The Hall–Kier alpha value is -3.55. The van der Waals surface area contributed by atoms with E-state index in [2.05, 4.69) is 45.2 Å². The summed E-state index contributed by atoms with van der Waals surface area (Å²) in [6, 6.07) is 24.6. The molecule has 0 bridgehead atoms. The van der Waals surface area contributed by atoms with Crippen molar-refractivity contribution in [1.29, 1.82) is 0 Å². The first-order valence-electron chi connectivity index (χ1n) is 10.2. The summed E-state index contributed by atoms with van der Waals surface area (Å²) in [5.41, 5.74) is 5.14. The van der Waals surface area contributed by atoms with Crippen molar-refractivity contribution in [2.24, 2.45) is 0 Å². The molecule has 0 radical (unpaired) electrons. The van der Waals surface area contributed by atoms with E-state index in [0.29, 0.717) is 13.1 Å². The van der Waals surface area contributed by atoms with Crippen LogP contribution in [-0.4, -0.2) is 29.8 Å².